The van der Waals surface area contributed by atoms with Crippen LogP contribution in [0.1, 0.15) is 11.4 Å². The molecular weight excluding hydrogens is 252 g/mol. The van der Waals surface area contributed by atoms with Gasteiger partial charge in [-0.1, -0.05) is 18.2 Å². The molecule has 4 heteroatoms. The molecule has 0 amide bonds. The molecule has 3 aromatic heterocycles. The Morgan fingerprint density at radius 2 is 1.75 bits per heavy atom. The molecule has 3 heterocycles. The summed E-state index contributed by atoms with van der Waals surface area (Å²) >= 11 is 0. The number of aromatic amines is 1. The Morgan fingerprint density at radius 1 is 1.05 bits per heavy atom. The summed E-state index contributed by atoms with van der Waals surface area (Å²) in [5, 5.41) is 3.76. The molecule has 0 bridgehead atoms. The highest BCUT2D eigenvalue weighted by Crippen LogP contribution is 2.34. The lowest BCUT2D eigenvalue weighted by Gasteiger charge is -1.98. The van der Waals surface area contributed by atoms with E-state index in [1.165, 1.54) is 0 Å². The van der Waals surface area contributed by atoms with Crippen molar-refractivity contribution in [3.63, 3.8) is 0 Å². The van der Waals surface area contributed by atoms with Gasteiger partial charge in [-0.15, -0.1) is 0 Å². The number of aryl methyl sites for hydroxylation is 2. The summed E-state index contributed by atoms with van der Waals surface area (Å²) in [7, 11) is 1.98. The zero-order valence-corrected chi connectivity index (χ0v) is 11.6. The number of fused-ring (bicyclic) bond motifs is 5. The Labute approximate surface area is 114 Å². The van der Waals surface area contributed by atoms with Crippen LogP contribution in [0.25, 0.3) is 32.8 Å². The summed E-state index contributed by atoms with van der Waals surface area (Å²) in [6.45, 7) is 3.99. The first-order chi connectivity index (χ1) is 9.59. The largest absolute Gasteiger partial charge is 0.405 e. The Morgan fingerprint density at radius 3 is 2.55 bits per heavy atom. The normalized spacial score (nSPS) is 11.9. The van der Waals surface area contributed by atoms with Gasteiger partial charge >= 0.3 is 5.63 Å². The van der Waals surface area contributed by atoms with Crippen molar-refractivity contribution in [1.82, 2.24) is 9.55 Å². The number of nitrogens with zero attached hydrogens (tertiary/aromatic N) is 1. The van der Waals surface area contributed by atoms with Crippen LogP contribution in [0.15, 0.2) is 33.5 Å². The fraction of sp³-hybridized carbons (Fsp3) is 0.188. The standard InChI is InChI=1S/C16H14N2O2/c1-8-12-13(9(2)18(8)3)16(19)20-15-14(12)10-6-4-5-7-11(10)17-15/h4-7,17H,1-3H3. The van der Waals surface area contributed by atoms with E-state index in [1.807, 2.05) is 43.7 Å². The van der Waals surface area contributed by atoms with E-state index in [0.717, 1.165) is 33.1 Å². The lowest BCUT2D eigenvalue weighted by atomic mass is 10.1. The zero-order valence-electron chi connectivity index (χ0n) is 11.6. The van der Waals surface area contributed by atoms with Gasteiger partial charge in [-0.05, 0) is 19.9 Å². The second-order valence-corrected chi connectivity index (χ2v) is 5.24. The van der Waals surface area contributed by atoms with Gasteiger partial charge in [0.15, 0.2) is 0 Å². The smallest absolute Gasteiger partial charge is 0.347 e. The highest BCUT2D eigenvalue weighted by Gasteiger charge is 2.19. The van der Waals surface area contributed by atoms with Crippen LogP contribution in [0.3, 0.4) is 0 Å². The first-order valence-electron chi connectivity index (χ1n) is 6.58. The molecule has 0 radical (unpaired) electrons. The summed E-state index contributed by atoms with van der Waals surface area (Å²) in [6.07, 6.45) is 0. The topological polar surface area (TPSA) is 50.9 Å². The lowest BCUT2D eigenvalue weighted by molar-refractivity contribution is 0.560. The predicted octanol–water partition coefficient (Wildman–Crippen LogP) is 3.38. The van der Waals surface area contributed by atoms with E-state index in [4.69, 9.17) is 4.42 Å². The molecule has 0 saturated carbocycles. The molecular formula is C16H14N2O2. The van der Waals surface area contributed by atoms with Gasteiger partial charge in [0.2, 0.25) is 5.71 Å². The van der Waals surface area contributed by atoms with Gasteiger partial charge in [-0.2, -0.15) is 0 Å². The molecule has 20 heavy (non-hydrogen) atoms. The van der Waals surface area contributed by atoms with Gasteiger partial charge in [-0.25, -0.2) is 4.79 Å². The highest BCUT2D eigenvalue weighted by atomic mass is 16.4. The molecule has 100 valence electrons. The molecule has 0 saturated heterocycles. The van der Waals surface area contributed by atoms with E-state index < -0.39 is 0 Å². The van der Waals surface area contributed by atoms with E-state index in [9.17, 15) is 4.79 Å². The third-order valence-electron chi connectivity index (χ3n) is 4.30. The van der Waals surface area contributed by atoms with Gasteiger partial charge in [0.1, 0.15) is 0 Å². The molecule has 4 rings (SSSR count). The van der Waals surface area contributed by atoms with Crippen LogP contribution in [0, 0.1) is 13.8 Å². The molecule has 0 atom stereocenters. The van der Waals surface area contributed by atoms with E-state index in [1.54, 1.807) is 0 Å². The Balaban J connectivity index is 2.46. The van der Waals surface area contributed by atoms with Crippen LogP contribution < -0.4 is 5.63 Å². The number of aromatic nitrogens is 2. The van der Waals surface area contributed by atoms with Crippen molar-refractivity contribution in [2.45, 2.75) is 13.8 Å². The third-order valence-corrected chi connectivity index (χ3v) is 4.30. The first-order valence-corrected chi connectivity index (χ1v) is 6.58. The number of H-pyrrole nitrogens is 1. The quantitative estimate of drug-likeness (QED) is 0.530. The minimum absolute atomic E-state index is 0.278. The van der Waals surface area contributed by atoms with Crippen LogP contribution in [-0.2, 0) is 7.05 Å². The van der Waals surface area contributed by atoms with Crippen molar-refractivity contribution in [3.05, 3.63) is 46.1 Å². The SMILES string of the molecule is Cc1c2c(=O)oc3[nH]c4ccccc4c3c2c(C)n1C. The number of hydrogen-bond donors (Lipinski definition) is 1. The van der Waals surface area contributed by atoms with Crippen molar-refractivity contribution < 1.29 is 4.42 Å². The van der Waals surface area contributed by atoms with Crippen molar-refractivity contribution in [1.29, 1.82) is 0 Å². The summed E-state index contributed by atoms with van der Waals surface area (Å²) in [4.78, 5) is 15.4. The molecule has 0 aliphatic carbocycles. The van der Waals surface area contributed by atoms with Gasteiger partial charge < -0.3 is 14.0 Å². The molecule has 0 unspecified atom stereocenters. The van der Waals surface area contributed by atoms with Gasteiger partial charge in [0.05, 0.1) is 10.8 Å². The number of hydrogen-bond acceptors (Lipinski definition) is 2. The second-order valence-electron chi connectivity index (χ2n) is 5.24. The molecule has 0 aliphatic heterocycles. The van der Waals surface area contributed by atoms with Crippen LogP contribution in [0.2, 0.25) is 0 Å². The lowest BCUT2D eigenvalue weighted by Crippen LogP contribution is -2.00. The Bertz CT molecular complexity index is 1050. The van der Waals surface area contributed by atoms with Crippen LogP contribution in [0.5, 0.6) is 0 Å². The molecule has 4 aromatic rings. The van der Waals surface area contributed by atoms with E-state index in [-0.39, 0.29) is 5.63 Å². The van der Waals surface area contributed by atoms with Gasteiger partial charge in [-0.3, -0.25) is 0 Å². The van der Waals surface area contributed by atoms with Crippen molar-refractivity contribution in [3.8, 4) is 0 Å². The molecule has 0 aliphatic rings. The molecule has 0 fully saturated rings. The maximum atomic E-state index is 12.3. The summed E-state index contributed by atoms with van der Waals surface area (Å²) in [6, 6.07) is 8.01. The van der Waals surface area contributed by atoms with Gasteiger partial charge in [0, 0.05) is 34.7 Å². The number of para-hydroxylation sites is 1. The molecule has 4 nitrogen and oxygen atoms in total. The Hall–Kier alpha value is -2.49. The van der Waals surface area contributed by atoms with Crippen LogP contribution in [0.4, 0.5) is 0 Å². The van der Waals surface area contributed by atoms with Gasteiger partial charge in [0.25, 0.3) is 0 Å². The van der Waals surface area contributed by atoms with E-state index >= 15 is 0 Å². The summed E-state index contributed by atoms with van der Waals surface area (Å²) < 4.78 is 7.53. The second kappa shape index (κ2) is 3.54. The average molecular weight is 266 g/mol. The number of benzene rings is 1. The molecule has 1 N–H and O–H groups in total. The average Bonchev–Trinajstić information content (AvgIpc) is 2.90. The van der Waals surface area contributed by atoms with E-state index in [0.29, 0.717) is 11.1 Å². The van der Waals surface area contributed by atoms with E-state index in [2.05, 4.69) is 11.1 Å². The fourth-order valence-electron chi connectivity index (χ4n) is 3.09. The maximum Gasteiger partial charge on any atom is 0.347 e. The van der Waals surface area contributed by atoms with Crippen molar-refractivity contribution in [2.75, 3.05) is 0 Å². The van der Waals surface area contributed by atoms with Crippen LogP contribution >= 0.6 is 0 Å². The zero-order chi connectivity index (χ0) is 14.0. The minimum Gasteiger partial charge on any atom is -0.405 e. The minimum atomic E-state index is -0.278. The maximum absolute atomic E-state index is 12.3. The van der Waals surface area contributed by atoms with Crippen LogP contribution in [-0.4, -0.2) is 9.55 Å². The summed E-state index contributed by atoms with van der Waals surface area (Å²) in [5.74, 6) is 0. The van der Waals surface area contributed by atoms with Crippen molar-refractivity contribution in [2.24, 2.45) is 7.05 Å². The predicted molar refractivity (Wildman–Crippen MR) is 80.3 cm³/mol. The fourth-order valence-corrected chi connectivity index (χ4v) is 3.09. The van der Waals surface area contributed by atoms with Crippen molar-refractivity contribution >= 4 is 32.8 Å². The first kappa shape index (κ1) is 11.3. The summed E-state index contributed by atoms with van der Waals surface area (Å²) in [5.41, 5.74) is 3.29. The Kier molecular flexibility index (Phi) is 2.01. The highest BCUT2D eigenvalue weighted by molar-refractivity contribution is 6.19. The number of nitrogens with one attached hydrogen (secondary N) is 1. The number of rotatable bonds is 0. The molecule has 0 spiro atoms. The monoisotopic (exact) mass is 266 g/mol. The third kappa shape index (κ3) is 1.18. The molecule has 1 aromatic carbocycles.